The number of aryl methyl sites for hydroxylation is 2. The fourth-order valence-corrected chi connectivity index (χ4v) is 4.16. The summed E-state index contributed by atoms with van der Waals surface area (Å²) in [6, 6.07) is 12.1. The summed E-state index contributed by atoms with van der Waals surface area (Å²) >= 11 is 3.02. The van der Waals surface area contributed by atoms with Gasteiger partial charge in [-0.3, -0.25) is 10.1 Å². The lowest BCUT2D eigenvalue weighted by Gasteiger charge is -2.13. The van der Waals surface area contributed by atoms with Crippen LogP contribution in [0.15, 0.2) is 41.8 Å². The number of amides is 1. The topological polar surface area (TPSA) is 42.0 Å². The summed E-state index contributed by atoms with van der Waals surface area (Å²) in [5.74, 6) is -0.0793. The standard InChI is InChI=1S/C16H12N2OS2.ClH/c19-15(13-6-3-9-20-13)18-16-17-14-11-5-2-1-4-10(11)7-8-12(14)21-16;/h1-6,9H,7-8H2,(H,17,18,19);1H. The molecule has 1 aromatic carbocycles. The second-order valence-corrected chi connectivity index (χ2v) is 6.91. The first kappa shape index (κ1) is 15.2. The van der Waals surface area contributed by atoms with Crippen molar-refractivity contribution in [3.8, 4) is 11.3 Å². The first-order valence-corrected chi connectivity index (χ1v) is 8.44. The number of benzene rings is 1. The molecule has 0 saturated carbocycles. The largest absolute Gasteiger partial charge is 0.297 e. The lowest BCUT2D eigenvalue weighted by molar-refractivity contribution is 0.103. The van der Waals surface area contributed by atoms with Gasteiger partial charge in [0.05, 0.1) is 10.6 Å². The van der Waals surface area contributed by atoms with Crippen LogP contribution in [0, 0.1) is 0 Å². The third-order valence-corrected chi connectivity index (χ3v) is 5.46. The zero-order valence-electron chi connectivity index (χ0n) is 11.5. The molecule has 3 aromatic rings. The Morgan fingerprint density at radius 3 is 2.82 bits per heavy atom. The Morgan fingerprint density at radius 1 is 1.14 bits per heavy atom. The fraction of sp³-hybridized carbons (Fsp3) is 0.125. The molecule has 6 heteroatoms. The summed E-state index contributed by atoms with van der Waals surface area (Å²) in [4.78, 5) is 18.7. The van der Waals surface area contributed by atoms with E-state index in [0.717, 1.165) is 18.5 Å². The molecule has 0 saturated heterocycles. The molecule has 0 bridgehead atoms. The van der Waals surface area contributed by atoms with E-state index in [4.69, 9.17) is 0 Å². The molecule has 2 aromatic heterocycles. The molecule has 0 spiro atoms. The van der Waals surface area contributed by atoms with Gasteiger partial charge in [0.25, 0.3) is 5.91 Å². The van der Waals surface area contributed by atoms with Gasteiger partial charge in [-0.1, -0.05) is 30.3 Å². The van der Waals surface area contributed by atoms with Crippen molar-refractivity contribution in [2.75, 3.05) is 5.32 Å². The van der Waals surface area contributed by atoms with Crippen LogP contribution in [0.1, 0.15) is 20.1 Å². The summed E-state index contributed by atoms with van der Waals surface area (Å²) in [6.07, 6.45) is 2.04. The Balaban J connectivity index is 0.00000144. The van der Waals surface area contributed by atoms with E-state index in [1.54, 1.807) is 11.3 Å². The number of carbonyl (C=O) groups is 1. The van der Waals surface area contributed by atoms with Gasteiger partial charge in [0.2, 0.25) is 0 Å². The van der Waals surface area contributed by atoms with Gasteiger partial charge in [-0.2, -0.15) is 0 Å². The number of hydrogen-bond acceptors (Lipinski definition) is 4. The van der Waals surface area contributed by atoms with E-state index in [2.05, 4.69) is 28.5 Å². The zero-order chi connectivity index (χ0) is 14.2. The van der Waals surface area contributed by atoms with Crippen LogP contribution in [0.25, 0.3) is 11.3 Å². The molecule has 2 heterocycles. The van der Waals surface area contributed by atoms with Gasteiger partial charge in [0.15, 0.2) is 5.13 Å². The van der Waals surface area contributed by atoms with E-state index in [9.17, 15) is 4.79 Å². The number of rotatable bonds is 2. The second kappa shape index (κ2) is 6.20. The summed E-state index contributed by atoms with van der Waals surface area (Å²) in [5, 5.41) is 5.50. The second-order valence-electron chi connectivity index (χ2n) is 4.88. The Labute approximate surface area is 142 Å². The third-order valence-electron chi connectivity index (χ3n) is 3.56. The number of fused-ring (bicyclic) bond motifs is 3. The number of nitrogens with zero attached hydrogens (tertiary/aromatic N) is 1. The van der Waals surface area contributed by atoms with Crippen LogP contribution in [-0.2, 0) is 12.8 Å². The molecular formula is C16H13ClN2OS2. The predicted molar refractivity (Wildman–Crippen MR) is 94.5 cm³/mol. The number of carbonyl (C=O) groups excluding carboxylic acids is 1. The Morgan fingerprint density at radius 2 is 2.00 bits per heavy atom. The van der Waals surface area contributed by atoms with Crippen molar-refractivity contribution >= 4 is 46.1 Å². The van der Waals surface area contributed by atoms with Crippen LogP contribution in [0.3, 0.4) is 0 Å². The molecule has 0 radical (unpaired) electrons. The Bertz CT molecular complexity index is 811. The molecule has 0 unspecified atom stereocenters. The number of aromatic nitrogens is 1. The molecular weight excluding hydrogens is 336 g/mol. The van der Waals surface area contributed by atoms with E-state index in [1.807, 2.05) is 23.6 Å². The highest BCUT2D eigenvalue weighted by Gasteiger charge is 2.21. The summed E-state index contributed by atoms with van der Waals surface area (Å²) in [5.41, 5.74) is 3.57. The Hall–Kier alpha value is -1.69. The zero-order valence-corrected chi connectivity index (χ0v) is 14.0. The smallest absolute Gasteiger partial charge is 0.267 e. The van der Waals surface area contributed by atoms with Gasteiger partial charge in [-0.25, -0.2) is 4.98 Å². The molecule has 1 aliphatic rings. The molecule has 0 aliphatic heterocycles. The minimum atomic E-state index is -0.0793. The average Bonchev–Trinajstić information content (AvgIpc) is 3.16. The van der Waals surface area contributed by atoms with Gasteiger partial charge < -0.3 is 0 Å². The molecule has 1 N–H and O–H groups in total. The number of anilines is 1. The molecule has 0 fully saturated rings. The number of halogens is 1. The van der Waals surface area contributed by atoms with E-state index in [1.165, 1.54) is 27.3 Å². The minimum absolute atomic E-state index is 0. The van der Waals surface area contributed by atoms with Crippen molar-refractivity contribution in [3.05, 3.63) is 57.1 Å². The molecule has 3 nitrogen and oxygen atoms in total. The number of hydrogen-bond donors (Lipinski definition) is 1. The quantitative estimate of drug-likeness (QED) is 0.732. The van der Waals surface area contributed by atoms with E-state index >= 15 is 0 Å². The Kier molecular flexibility index (Phi) is 4.29. The van der Waals surface area contributed by atoms with Crippen molar-refractivity contribution < 1.29 is 4.79 Å². The minimum Gasteiger partial charge on any atom is -0.297 e. The monoisotopic (exact) mass is 348 g/mol. The van der Waals surface area contributed by atoms with Gasteiger partial charge in [-0.05, 0) is 29.9 Å². The van der Waals surface area contributed by atoms with Gasteiger partial charge in [0, 0.05) is 10.4 Å². The number of thiazole rings is 1. The van der Waals surface area contributed by atoms with Crippen molar-refractivity contribution in [3.63, 3.8) is 0 Å². The van der Waals surface area contributed by atoms with Crippen molar-refractivity contribution in [2.24, 2.45) is 0 Å². The van der Waals surface area contributed by atoms with E-state index in [-0.39, 0.29) is 18.3 Å². The maximum absolute atomic E-state index is 12.1. The SMILES string of the molecule is Cl.O=C(Nc1nc2c(s1)CCc1ccccc1-2)c1cccs1. The maximum Gasteiger partial charge on any atom is 0.267 e. The fourth-order valence-electron chi connectivity index (χ4n) is 2.57. The molecule has 1 aliphatic carbocycles. The summed E-state index contributed by atoms with van der Waals surface area (Å²) in [6.45, 7) is 0. The highest BCUT2D eigenvalue weighted by atomic mass is 35.5. The summed E-state index contributed by atoms with van der Waals surface area (Å²) in [7, 11) is 0. The number of thiophene rings is 1. The molecule has 4 rings (SSSR count). The van der Waals surface area contributed by atoms with Gasteiger partial charge in [0.1, 0.15) is 0 Å². The lowest BCUT2D eigenvalue weighted by atomic mass is 9.94. The van der Waals surface area contributed by atoms with E-state index in [0.29, 0.717) is 10.0 Å². The van der Waals surface area contributed by atoms with E-state index < -0.39 is 0 Å². The van der Waals surface area contributed by atoms with Crippen LogP contribution in [0.2, 0.25) is 0 Å². The van der Waals surface area contributed by atoms with Crippen LogP contribution >= 0.6 is 35.1 Å². The van der Waals surface area contributed by atoms with Crippen molar-refractivity contribution in [1.29, 1.82) is 0 Å². The lowest BCUT2D eigenvalue weighted by Crippen LogP contribution is -2.09. The molecule has 112 valence electrons. The van der Waals surface area contributed by atoms with Crippen LogP contribution in [0.5, 0.6) is 0 Å². The first-order chi connectivity index (χ1) is 10.3. The molecule has 1 amide bonds. The van der Waals surface area contributed by atoms with Crippen molar-refractivity contribution in [1.82, 2.24) is 4.98 Å². The third kappa shape index (κ3) is 2.67. The highest BCUT2D eigenvalue weighted by molar-refractivity contribution is 7.16. The van der Waals surface area contributed by atoms with Crippen LogP contribution in [-0.4, -0.2) is 10.9 Å². The van der Waals surface area contributed by atoms with Crippen LogP contribution < -0.4 is 5.32 Å². The predicted octanol–water partition coefficient (Wildman–Crippen LogP) is 4.64. The molecule has 22 heavy (non-hydrogen) atoms. The van der Waals surface area contributed by atoms with Gasteiger partial charge >= 0.3 is 0 Å². The highest BCUT2D eigenvalue weighted by Crippen LogP contribution is 2.38. The average molecular weight is 349 g/mol. The normalized spacial score (nSPS) is 12.0. The first-order valence-electron chi connectivity index (χ1n) is 6.74. The maximum atomic E-state index is 12.1. The summed E-state index contributed by atoms with van der Waals surface area (Å²) < 4.78 is 0. The van der Waals surface area contributed by atoms with Gasteiger partial charge in [-0.15, -0.1) is 35.1 Å². The molecule has 0 atom stereocenters. The van der Waals surface area contributed by atoms with Crippen molar-refractivity contribution in [2.45, 2.75) is 12.8 Å². The van der Waals surface area contributed by atoms with Crippen LogP contribution in [0.4, 0.5) is 5.13 Å². The number of nitrogens with one attached hydrogen (secondary N) is 1.